The Labute approximate surface area is 301 Å². The molecule has 8 aromatic carbocycles. The smallest absolute Gasteiger partial charge is 0.136 e. The van der Waals surface area contributed by atoms with Crippen molar-refractivity contribution < 1.29 is 42.8 Å². The molecule has 0 saturated heterocycles. The van der Waals surface area contributed by atoms with E-state index in [4.69, 9.17) is 30.5 Å². The Morgan fingerprint density at radius 1 is 0.333 bits per heavy atom. The van der Waals surface area contributed by atoms with E-state index in [1.54, 1.807) is 0 Å². The van der Waals surface area contributed by atoms with E-state index >= 15 is 0 Å². The van der Waals surface area contributed by atoms with E-state index in [9.17, 15) is 12.3 Å². The molecule has 45 heavy (non-hydrogen) atoms. The summed E-state index contributed by atoms with van der Waals surface area (Å²) in [5.41, 5.74) is -7.71. The largest absolute Gasteiger partial charge is 0.456 e. The molecule has 1 heterocycles. The van der Waals surface area contributed by atoms with Gasteiger partial charge in [0.15, 0.2) is 0 Å². The zero-order valence-corrected chi connectivity index (χ0v) is 22.4. The van der Waals surface area contributed by atoms with Crippen LogP contribution in [0.5, 0.6) is 0 Å². The van der Waals surface area contributed by atoms with E-state index in [1.807, 2.05) is 0 Å². The minimum Gasteiger partial charge on any atom is -0.456 e. The van der Waals surface area contributed by atoms with Crippen molar-refractivity contribution in [2.45, 2.75) is 0 Å². The van der Waals surface area contributed by atoms with Gasteiger partial charge in [0, 0.05) is 10.8 Å². The lowest BCUT2D eigenvalue weighted by Gasteiger charge is -2.18. The van der Waals surface area contributed by atoms with Gasteiger partial charge in [0.2, 0.25) is 0 Å². The zero-order valence-electron chi connectivity index (χ0n) is 50.4. The van der Waals surface area contributed by atoms with Crippen LogP contribution in [0.25, 0.3) is 88.0 Å². The van der Waals surface area contributed by atoms with E-state index in [0.29, 0.717) is 0 Å². The zero-order chi connectivity index (χ0) is 54.1. The van der Waals surface area contributed by atoms with Crippen molar-refractivity contribution in [1.29, 1.82) is 0 Å². The molecule has 0 fully saturated rings. The first-order valence-corrected chi connectivity index (χ1v) is 13.2. The molecule has 1 heteroatoms. The molecule has 0 aliphatic carbocycles. The van der Waals surface area contributed by atoms with Crippen molar-refractivity contribution in [2.24, 2.45) is 0 Å². The van der Waals surface area contributed by atoms with Crippen LogP contribution in [0.2, 0.25) is 0 Å². The molecule has 0 amide bonds. The summed E-state index contributed by atoms with van der Waals surface area (Å²) in [5, 5.41) is -4.23. The second-order valence-electron chi connectivity index (χ2n) is 9.51. The van der Waals surface area contributed by atoms with Crippen LogP contribution in [0.1, 0.15) is 38.4 Å². The SMILES string of the molecule is [2H]c1c([2H])c([2H])c(-c2c3c([2H])c([2H])c([2H])c([2H])c3c(-c3c([2H])c([2H])c([2H])c(-c4c([2H])c([2H])c([2H])c5oc6c([2H])c([2H])c([2H])c(-c7c([2H])c([2H])c([2H])c([2H])c7[2H])c6c45)c3[2H])c3c([2H])c([2H])c([2H])c([2H])c23)c([2H])c1[2H]. The van der Waals surface area contributed by atoms with Crippen molar-refractivity contribution in [3.8, 4) is 44.5 Å². The molecule has 1 nitrogen and oxygen atoms in total. The van der Waals surface area contributed by atoms with E-state index in [-0.39, 0.29) is 0 Å². The summed E-state index contributed by atoms with van der Waals surface area (Å²) in [4.78, 5) is 0. The van der Waals surface area contributed by atoms with Crippen LogP contribution in [0.4, 0.5) is 0 Å². The lowest BCUT2D eigenvalue weighted by atomic mass is 9.85. The van der Waals surface area contributed by atoms with Crippen molar-refractivity contribution in [2.75, 3.05) is 0 Å². The van der Waals surface area contributed by atoms with Crippen LogP contribution in [0.15, 0.2) is 174 Å². The Bertz CT molecular complexity index is 3980. The number of hydrogen-bond donors (Lipinski definition) is 0. The van der Waals surface area contributed by atoms with Crippen LogP contribution in [0.3, 0.4) is 0 Å². The summed E-state index contributed by atoms with van der Waals surface area (Å²) in [5.74, 6) is 0. The summed E-state index contributed by atoms with van der Waals surface area (Å²) in [6, 6.07) is -27.3. The standard InChI is InChI=1S/C44H28O/c1-3-14-29(15-4-1)33-24-12-26-39-43(33)44-34(25-13-27-40(44)45-39)31-18-11-19-32(28-31)42-37-22-9-7-20-35(37)41(30-16-5-2-6-17-30)36-21-8-10-23-38(36)42/h1-28H/i1D,2D,3D,4D,5D,6D,7D,8D,9D,10D,11D,12D,13D,14D,15D,16D,17D,18D,19D,20D,21D,22D,23D,24D,25D,26D,27D,28D. The maximum Gasteiger partial charge on any atom is 0.136 e. The second kappa shape index (κ2) is 10.4. The first-order chi connectivity index (χ1) is 34.0. The normalized spacial score (nSPS) is 20.3. The molecule has 9 rings (SSSR count). The summed E-state index contributed by atoms with van der Waals surface area (Å²) in [6.07, 6.45) is 0. The summed E-state index contributed by atoms with van der Waals surface area (Å²) in [7, 11) is 0. The van der Waals surface area contributed by atoms with E-state index in [1.165, 1.54) is 0 Å². The monoisotopic (exact) mass is 600 g/mol. The number of rotatable bonds is 4. The molecule has 0 radical (unpaired) electrons. The first kappa shape index (κ1) is 10.1. The summed E-state index contributed by atoms with van der Waals surface area (Å²) < 4.78 is 256. The van der Waals surface area contributed by atoms with Crippen LogP contribution >= 0.6 is 0 Å². The lowest BCUT2D eigenvalue weighted by Crippen LogP contribution is -1.91. The highest BCUT2D eigenvalue weighted by molar-refractivity contribution is 6.22. The lowest BCUT2D eigenvalue weighted by molar-refractivity contribution is 0.669. The van der Waals surface area contributed by atoms with Gasteiger partial charge in [-0.3, -0.25) is 0 Å². The second-order valence-corrected chi connectivity index (χ2v) is 9.51. The Hall–Kier alpha value is -5.92. The number of benzene rings is 8. The van der Waals surface area contributed by atoms with Gasteiger partial charge < -0.3 is 4.42 Å². The van der Waals surface area contributed by atoms with Gasteiger partial charge in [0.05, 0.1) is 38.4 Å². The van der Waals surface area contributed by atoms with Crippen molar-refractivity contribution in [3.63, 3.8) is 0 Å². The molecule has 0 aliphatic heterocycles. The number of fused-ring (bicyclic) bond motifs is 5. The Morgan fingerprint density at radius 3 is 1.29 bits per heavy atom. The average Bonchev–Trinajstić information content (AvgIpc) is 3.76. The minimum absolute atomic E-state index is 0.583. The fraction of sp³-hybridized carbons (Fsp3) is 0. The van der Waals surface area contributed by atoms with Crippen LogP contribution in [0, 0.1) is 0 Å². The Morgan fingerprint density at radius 2 is 0.733 bits per heavy atom. The highest BCUT2D eigenvalue weighted by Gasteiger charge is 2.19. The van der Waals surface area contributed by atoms with Crippen molar-refractivity contribution in [3.05, 3.63) is 169 Å². The van der Waals surface area contributed by atoms with E-state index in [2.05, 4.69) is 0 Å². The average molecular weight is 601 g/mol. The van der Waals surface area contributed by atoms with Gasteiger partial charge in [0.25, 0.3) is 0 Å². The molecule has 0 saturated carbocycles. The topological polar surface area (TPSA) is 13.1 Å². The third-order valence-corrected chi connectivity index (χ3v) is 7.14. The van der Waals surface area contributed by atoms with Gasteiger partial charge >= 0.3 is 0 Å². The quantitative estimate of drug-likeness (QED) is 0.183. The Kier molecular flexibility index (Phi) is 2.32. The third kappa shape index (κ3) is 4.09. The summed E-state index contributed by atoms with van der Waals surface area (Å²) in [6.45, 7) is 0. The predicted octanol–water partition coefficient (Wildman–Crippen LogP) is 12.6. The maximum absolute atomic E-state index is 10.0. The number of hydrogen-bond acceptors (Lipinski definition) is 1. The van der Waals surface area contributed by atoms with Crippen LogP contribution in [-0.4, -0.2) is 0 Å². The third-order valence-electron chi connectivity index (χ3n) is 7.14. The van der Waals surface area contributed by atoms with Crippen molar-refractivity contribution in [1.82, 2.24) is 0 Å². The molecule has 0 bridgehead atoms. The molecule has 9 aromatic rings. The van der Waals surface area contributed by atoms with E-state index < -0.39 is 257 Å². The van der Waals surface area contributed by atoms with Gasteiger partial charge in [-0.05, 0) is 84.2 Å². The van der Waals surface area contributed by atoms with Gasteiger partial charge in [-0.25, -0.2) is 0 Å². The molecule has 1 aromatic heterocycles. The van der Waals surface area contributed by atoms with Gasteiger partial charge in [-0.2, -0.15) is 0 Å². The minimum atomic E-state index is -1.12. The molecule has 0 atom stereocenters. The van der Waals surface area contributed by atoms with E-state index in [0.717, 1.165) is 0 Å². The molecular weight excluding hydrogens is 544 g/mol. The molecule has 0 spiro atoms. The number of furan rings is 1. The predicted molar refractivity (Wildman–Crippen MR) is 190 cm³/mol. The maximum atomic E-state index is 10.0. The molecule has 210 valence electrons. The van der Waals surface area contributed by atoms with Gasteiger partial charge in [-0.1, -0.05) is 151 Å². The van der Waals surface area contributed by atoms with Crippen LogP contribution < -0.4 is 0 Å². The molecular formula is C44H28O. The van der Waals surface area contributed by atoms with Crippen LogP contribution in [-0.2, 0) is 0 Å². The fourth-order valence-electron chi connectivity index (χ4n) is 5.35. The van der Waals surface area contributed by atoms with Crippen molar-refractivity contribution >= 4 is 43.5 Å². The summed E-state index contributed by atoms with van der Waals surface area (Å²) >= 11 is 0. The molecule has 0 N–H and O–H groups in total. The Balaban J connectivity index is 1.61. The fourth-order valence-corrected chi connectivity index (χ4v) is 5.35. The molecule has 0 unspecified atom stereocenters. The highest BCUT2D eigenvalue weighted by Crippen LogP contribution is 2.46. The molecule has 0 aliphatic rings. The highest BCUT2D eigenvalue weighted by atomic mass is 16.3. The van der Waals surface area contributed by atoms with Gasteiger partial charge in [-0.15, -0.1) is 0 Å². The van der Waals surface area contributed by atoms with Gasteiger partial charge in [0.1, 0.15) is 11.2 Å². The first-order valence-electron chi connectivity index (χ1n) is 27.2.